The Bertz CT molecular complexity index is 89.7. The third-order valence-electron chi connectivity index (χ3n) is 0. The summed E-state index contributed by atoms with van der Waals surface area (Å²) in [5, 5.41) is 29.5. The summed E-state index contributed by atoms with van der Waals surface area (Å²) < 4.78 is 0. The molecule has 0 atom stereocenters. The van der Waals surface area contributed by atoms with Crippen molar-refractivity contribution in [3.63, 3.8) is 0 Å². The second kappa shape index (κ2) is 22.5. The third kappa shape index (κ3) is 2270000. The molecule has 0 N–H and O–H groups in total. The van der Waals surface area contributed by atoms with Crippen LogP contribution in [0.1, 0.15) is 0 Å². The van der Waals surface area contributed by atoms with Crippen molar-refractivity contribution in [2.45, 2.75) is 0 Å². The second-order valence-electron chi connectivity index (χ2n) is 0.490. The predicted octanol–water partition coefficient (Wildman–Crippen LogP) is 0.896. The zero-order valence-corrected chi connectivity index (χ0v) is 8.10. The van der Waals surface area contributed by atoms with E-state index in [1.54, 1.807) is 0 Å². The summed E-state index contributed by atoms with van der Waals surface area (Å²) in [7, 11) is 9.34. The summed E-state index contributed by atoms with van der Waals surface area (Å²) >= 11 is 0.757. The fourth-order valence-corrected chi connectivity index (χ4v) is 0. The van der Waals surface area contributed by atoms with Gasteiger partial charge in [0.15, 0.2) is 0 Å². The van der Waals surface area contributed by atoms with Crippen LogP contribution < -0.4 is 0 Å². The molecule has 0 saturated heterocycles. The number of nitrogens with zero attached hydrogens (tertiary/aromatic N) is 2. The van der Waals surface area contributed by atoms with Crippen LogP contribution in [0.15, 0.2) is 0 Å². The van der Waals surface area contributed by atoms with E-state index in [9.17, 15) is 0 Å². The summed E-state index contributed by atoms with van der Waals surface area (Å²) in [4.78, 5) is 16.5. The maximum absolute atomic E-state index is 8.25. The van der Waals surface area contributed by atoms with Crippen LogP contribution >= 0.6 is 20.2 Å². The second-order valence-corrected chi connectivity index (χ2v) is 2.05. The van der Waals surface area contributed by atoms with Gasteiger partial charge in [-0.1, -0.05) is 0 Å². The van der Waals surface area contributed by atoms with Gasteiger partial charge in [0.1, 0.15) is 0 Å². The van der Waals surface area contributed by atoms with E-state index in [2.05, 4.69) is 20.2 Å². The molecule has 0 heterocycles. The van der Waals surface area contributed by atoms with Gasteiger partial charge >= 0.3 is 50.4 Å². The maximum atomic E-state index is 8.25. The summed E-state index contributed by atoms with van der Waals surface area (Å²) in [6.07, 6.45) is 0. The average molecular weight is 322 g/mol. The van der Waals surface area contributed by atoms with Crippen LogP contribution in [0, 0.1) is 30.6 Å². The summed E-state index contributed by atoms with van der Waals surface area (Å²) in [5.41, 5.74) is 0. The molecule has 0 saturated carbocycles. The Kier molecular flexibility index (Phi) is 42.5. The molecule has 12 heteroatoms. The average Bonchev–Trinajstić information content (AvgIpc) is 1.60. The number of rotatable bonds is 0. The van der Waals surface area contributed by atoms with Crippen LogP contribution in [0.25, 0.3) is 0 Å². The smallest absolute Gasteiger partial charge is 2.00 e. The molecular weight excluding hydrogens is 322 g/mol. The van der Waals surface area contributed by atoms with Gasteiger partial charge in [-0.05, 0) is 0 Å². The molecule has 0 fully saturated rings. The molecule has 0 aromatic carbocycles. The van der Waals surface area contributed by atoms with E-state index in [-0.39, 0.29) is 17.1 Å². The molecule has 0 aliphatic carbocycles. The van der Waals surface area contributed by atoms with Gasteiger partial charge in [-0.25, -0.2) is 0 Å². The van der Waals surface area contributed by atoms with Crippen LogP contribution in [0.2, 0.25) is 0 Å². The van der Waals surface area contributed by atoms with E-state index in [0.717, 1.165) is 13.1 Å². The first kappa shape index (κ1) is 22.7. The molecular formula is Cl2Cu2N2O6. The van der Waals surface area contributed by atoms with Crippen molar-refractivity contribution in [1.29, 1.82) is 0 Å². The molecule has 0 aromatic heterocycles. The quantitative estimate of drug-likeness (QED) is 0.369. The van der Waals surface area contributed by atoms with Crippen molar-refractivity contribution in [3.8, 4) is 0 Å². The van der Waals surface area contributed by atoms with Gasteiger partial charge in [0.2, 0.25) is 0 Å². The minimum atomic E-state index is -1.75. The van der Waals surface area contributed by atoms with Crippen molar-refractivity contribution in [2.75, 3.05) is 0 Å². The third-order valence-corrected chi connectivity index (χ3v) is 0. The van der Waals surface area contributed by atoms with Gasteiger partial charge in [0, 0.05) is 0 Å². The van der Waals surface area contributed by atoms with E-state index < -0.39 is 10.2 Å². The van der Waals surface area contributed by atoms with E-state index in [1.807, 2.05) is 0 Å². The molecule has 0 unspecified atom stereocenters. The van der Waals surface area contributed by atoms with E-state index >= 15 is 0 Å². The molecule has 0 aromatic rings. The first-order valence-electron chi connectivity index (χ1n) is 1.32. The van der Waals surface area contributed by atoms with Crippen molar-refractivity contribution < 1.29 is 40.4 Å². The van der Waals surface area contributed by atoms with Crippen LogP contribution in [-0.2, 0) is 30.2 Å². The topological polar surface area (TPSA) is 132 Å². The summed E-state index contributed by atoms with van der Waals surface area (Å²) in [6, 6.07) is 0. The number of hydrogen-bond donors (Lipinski definition) is 0. The Morgan fingerprint density at radius 1 is 0.917 bits per heavy atom. The molecule has 0 spiro atoms. The van der Waals surface area contributed by atoms with Gasteiger partial charge in [-0.3, -0.25) is 0 Å². The molecule has 82 valence electrons. The van der Waals surface area contributed by atoms with E-state index in [4.69, 9.17) is 30.6 Å². The summed E-state index contributed by atoms with van der Waals surface area (Å²) in [6.45, 7) is 0. The first-order chi connectivity index (χ1) is 4.88. The van der Waals surface area contributed by atoms with Gasteiger partial charge in [0.05, 0.1) is 10.2 Å². The molecule has 12 heavy (non-hydrogen) atoms. The largest absolute Gasteiger partial charge is 2.00 e. The summed E-state index contributed by atoms with van der Waals surface area (Å²) in [5.74, 6) is 0. The zero-order valence-electron chi connectivity index (χ0n) is 4.70. The standard InChI is InChI=1S/2ClH.2Cu.2NO3/c;;;;2*2-1(3)4/h2*1H;;;;/q;;2*+2;2*-1/p-2. The molecule has 0 bridgehead atoms. The molecule has 0 rings (SSSR count). The van der Waals surface area contributed by atoms with Crippen LogP contribution in [-0.4, -0.2) is 10.2 Å². The number of halogens is 2. The van der Waals surface area contributed by atoms with E-state index in [0.29, 0.717) is 0 Å². The van der Waals surface area contributed by atoms with Crippen LogP contribution in [0.5, 0.6) is 0 Å². The minimum Gasteiger partial charge on any atom is 2.00 e. The Morgan fingerprint density at radius 3 is 0.917 bits per heavy atom. The molecule has 1 radical (unpaired) electrons. The van der Waals surface area contributed by atoms with Gasteiger partial charge < -0.3 is 30.6 Å². The van der Waals surface area contributed by atoms with Crippen molar-refractivity contribution in [3.05, 3.63) is 30.6 Å². The molecule has 8 nitrogen and oxygen atoms in total. The van der Waals surface area contributed by atoms with Crippen LogP contribution in [0.3, 0.4) is 0 Å². The van der Waals surface area contributed by atoms with Gasteiger partial charge in [-0.2, -0.15) is 0 Å². The Labute approximate surface area is 91.1 Å². The SMILES string of the molecule is O=[N+]([O-])[O-].O=[N+]([O-])[O-].[Cl][Cu][Cl].[Cu+2]. The van der Waals surface area contributed by atoms with Crippen molar-refractivity contribution in [2.24, 2.45) is 0 Å². The van der Waals surface area contributed by atoms with Gasteiger partial charge in [0.25, 0.3) is 0 Å². The Balaban J connectivity index is -0.0000000389. The fraction of sp³-hybridized carbons (Fsp3) is 0. The number of hydrogen-bond acceptors (Lipinski definition) is 6. The fourth-order valence-electron chi connectivity index (χ4n) is 0. The zero-order chi connectivity index (χ0) is 9.86. The Hall–Kier alpha value is 0.0190. The van der Waals surface area contributed by atoms with Gasteiger partial charge in [-0.15, -0.1) is 0 Å². The van der Waals surface area contributed by atoms with Crippen molar-refractivity contribution in [1.82, 2.24) is 0 Å². The normalized spacial score (nSPS) is 5.83. The Morgan fingerprint density at radius 2 is 0.917 bits per heavy atom. The van der Waals surface area contributed by atoms with Crippen molar-refractivity contribution >= 4 is 20.2 Å². The molecule has 0 amide bonds. The first-order valence-corrected chi connectivity index (χ1v) is 3.91. The monoisotopic (exact) mass is 320 g/mol. The molecule has 0 aliphatic rings. The van der Waals surface area contributed by atoms with Crippen LogP contribution in [0.4, 0.5) is 0 Å². The van der Waals surface area contributed by atoms with E-state index in [1.165, 1.54) is 0 Å². The predicted molar refractivity (Wildman–Crippen MR) is 32.4 cm³/mol. The molecule has 0 aliphatic heterocycles. The maximum Gasteiger partial charge on any atom is 2.00 e. The minimum absolute atomic E-state index is 0.